The molecule has 3 aromatic rings. The van der Waals surface area contributed by atoms with Crippen LogP contribution in [0.4, 0.5) is 5.69 Å². The molecule has 0 radical (unpaired) electrons. The molecule has 0 aliphatic carbocycles. The predicted molar refractivity (Wildman–Crippen MR) is 111 cm³/mol. The van der Waals surface area contributed by atoms with Crippen LogP contribution in [0.3, 0.4) is 0 Å². The molecule has 1 aliphatic rings. The topological polar surface area (TPSA) is 49.4 Å². The van der Waals surface area contributed by atoms with Crippen LogP contribution in [0.15, 0.2) is 78.9 Å². The van der Waals surface area contributed by atoms with E-state index in [1.54, 1.807) is 6.07 Å². The summed E-state index contributed by atoms with van der Waals surface area (Å²) in [7, 11) is 0. The number of benzene rings is 3. The Kier molecular flexibility index (Phi) is 5.20. The molecule has 0 bridgehead atoms. The minimum atomic E-state index is -0.155. The number of hydrogen-bond acceptors (Lipinski definition) is 2. The summed E-state index contributed by atoms with van der Waals surface area (Å²) in [5, 5.41) is 3.04. The summed E-state index contributed by atoms with van der Waals surface area (Å²) in [6.07, 6.45) is 1.53. The standard InChI is InChI=1S/C24H22N2O2/c27-23-14-7-15-26(23)17-18-8-6-11-20(16-18)24(28)25-22-13-5-4-12-21(22)19-9-2-1-3-10-19/h1-6,8-13,16H,7,14-15,17H2,(H,25,28). The molecule has 28 heavy (non-hydrogen) atoms. The molecule has 3 aromatic carbocycles. The summed E-state index contributed by atoms with van der Waals surface area (Å²) in [5.74, 6) is 0.0321. The van der Waals surface area contributed by atoms with Crippen molar-refractivity contribution >= 4 is 17.5 Å². The number of rotatable bonds is 5. The van der Waals surface area contributed by atoms with Gasteiger partial charge < -0.3 is 10.2 Å². The number of para-hydroxylation sites is 1. The molecule has 1 heterocycles. The van der Waals surface area contributed by atoms with Gasteiger partial charge in [-0.2, -0.15) is 0 Å². The number of nitrogens with one attached hydrogen (secondary N) is 1. The van der Waals surface area contributed by atoms with Crippen molar-refractivity contribution in [1.82, 2.24) is 4.90 Å². The third-order valence-corrected chi connectivity index (χ3v) is 4.99. The summed E-state index contributed by atoms with van der Waals surface area (Å²) >= 11 is 0. The van der Waals surface area contributed by atoms with Crippen LogP contribution in [-0.4, -0.2) is 23.3 Å². The van der Waals surface area contributed by atoms with E-state index in [-0.39, 0.29) is 11.8 Å². The lowest BCUT2D eigenvalue weighted by molar-refractivity contribution is -0.128. The maximum absolute atomic E-state index is 12.9. The highest BCUT2D eigenvalue weighted by molar-refractivity contribution is 6.06. The maximum Gasteiger partial charge on any atom is 0.255 e. The highest BCUT2D eigenvalue weighted by atomic mass is 16.2. The SMILES string of the molecule is O=C(Nc1ccccc1-c1ccccc1)c1cccc(CN2CCCC2=O)c1. The first kappa shape index (κ1) is 18.0. The van der Waals surface area contributed by atoms with E-state index in [0.29, 0.717) is 18.5 Å². The largest absolute Gasteiger partial charge is 0.338 e. The first-order chi connectivity index (χ1) is 13.7. The van der Waals surface area contributed by atoms with Crippen LogP contribution in [0.2, 0.25) is 0 Å². The van der Waals surface area contributed by atoms with Crippen molar-refractivity contribution < 1.29 is 9.59 Å². The van der Waals surface area contributed by atoms with Crippen molar-refractivity contribution in [1.29, 1.82) is 0 Å². The Balaban J connectivity index is 1.53. The van der Waals surface area contributed by atoms with Gasteiger partial charge in [-0.15, -0.1) is 0 Å². The maximum atomic E-state index is 12.9. The molecule has 0 saturated carbocycles. The highest BCUT2D eigenvalue weighted by Crippen LogP contribution is 2.28. The number of carbonyl (C=O) groups excluding carboxylic acids is 2. The number of carbonyl (C=O) groups is 2. The first-order valence-electron chi connectivity index (χ1n) is 9.53. The molecule has 4 heteroatoms. The normalized spacial score (nSPS) is 13.6. The molecular weight excluding hydrogens is 348 g/mol. The second kappa shape index (κ2) is 8.09. The quantitative estimate of drug-likeness (QED) is 0.706. The Labute approximate surface area is 164 Å². The molecule has 0 spiro atoms. The van der Waals surface area contributed by atoms with Crippen LogP contribution >= 0.6 is 0 Å². The van der Waals surface area contributed by atoms with Crippen molar-refractivity contribution in [2.24, 2.45) is 0 Å². The van der Waals surface area contributed by atoms with Crippen molar-refractivity contribution in [2.45, 2.75) is 19.4 Å². The Bertz CT molecular complexity index is 998. The lowest BCUT2D eigenvalue weighted by Crippen LogP contribution is -2.24. The van der Waals surface area contributed by atoms with E-state index in [9.17, 15) is 9.59 Å². The average molecular weight is 370 g/mol. The zero-order valence-electron chi connectivity index (χ0n) is 15.6. The molecule has 4 rings (SSSR count). The van der Waals surface area contributed by atoms with Crippen LogP contribution in [0.1, 0.15) is 28.8 Å². The smallest absolute Gasteiger partial charge is 0.255 e. The molecule has 4 nitrogen and oxygen atoms in total. The van der Waals surface area contributed by atoms with E-state index < -0.39 is 0 Å². The van der Waals surface area contributed by atoms with Gasteiger partial charge in [0.2, 0.25) is 5.91 Å². The van der Waals surface area contributed by atoms with Gasteiger partial charge in [0.15, 0.2) is 0 Å². The first-order valence-corrected chi connectivity index (χ1v) is 9.53. The number of amides is 2. The van der Waals surface area contributed by atoms with Crippen molar-refractivity contribution in [3.63, 3.8) is 0 Å². The van der Waals surface area contributed by atoms with Crippen LogP contribution in [0, 0.1) is 0 Å². The van der Waals surface area contributed by atoms with E-state index in [0.717, 1.165) is 35.3 Å². The Morgan fingerprint density at radius 3 is 2.50 bits per heavy atom. The van der Waals surface area contributed by atoms with Crippen molar-refractivity contribution in [2.75, 3.05) is 11.9 Å². The Morgan fingerprint density at radius 2 is 1.71 bits per heavy atom. The van der Waals surface area contributed by atoms with Crippen molar-refractivity contribution in [3.8, 4) is 11.1 Å². The van der Waals surface area contributed by atoms with Gasteiger partial charge in [0, 0.05) is 36.3 Å². The summed E-state index contributed by atoms with van der Waals surface area (Å²) in [6.45, 7) is 1.35. The van der Waals surface area contributed by atoms with Crippen LogP contribution < -0.4 is 5.32 Å². The third kappa shape index (κ3) is 3.96. The van der Waals surface area contributed by atoms with E-state index in [2.05, 4.69) is 5.32 Å². The van der Waals surface area contributed by atoms with Crippen LogP contribution in [0.25, 0.3) is 11.1 Å². The number of nitrogens with zero attached hydrogens (tertiary/aromatic N) is 1. The van der Waals surface area contributed by atoms with Gasteiger partial charge in [-0.05, 0) is 35.7 Å². The van der Waals surface area contributed by atoms with E-state index in [4.69, 9.17) is 0 Å². The third-order valence-electron chi connectivity index (χ3n) is 4.99. The van der Waals surface area contributed by atoms with Crippen molar-refractivity contribution in [3.05, 3.63) is 90.0 Å². The van der Waals surface area contributed by atoms with Gasteiger partial charge in [0.1, 0.15) is 0 Å². The predicted octanol–water partition coefficient (Wildman–Crippen LogP) is 4.73. The Hall–Kier alpha value is -3.40. The van der Waals surface area contributed by atoms with Gasteiger partial charge in [0.05, 0.1) is 0 Å². The minimum Gasteiger partial charge on any atom is -0.338 e. The summed E-state index contributed by atoms with van der Waals surface area (Å²) in [6, 6.07) is 25.3. The monoisotopic (exact) mass is 370 g/mol. The van der Waals surface area contributed by atoms with Gasteiger partial charge in [-0.25, -0.2) is 0 Å². The molecule has 1 fully saturated rings. The molecule has 0 atom stereocenters. The fraction of sp³-hybridized carbons (Fsp3) is 0.167. The lowest BCUT2D eigenvalue weighted by Gasteiger charge is -2.16. The second-order valence-corrected chi connectivity index (χ2v) is 6.98. The number of likely N-dealkylation sites (tertiary alicyclic amines) is 1. The van der Waals surface area contributed by atoms with Gasteiger partial charge in [0.25, 0.3) is 5.91 Å². The van der Waals surface area contributed by atoms with E-state index >= 15 is 0 Å². The number of anilines is 1. The molecule has 140 valence electrons. The minimum absolute atomic E-state index is 0.155. The molecule has 0 unspecified atom stereocenters. The fourth-order valence-electron chi connectivity index (χ4n) is 3.56. The highest BCUT2D eigenvalue weighted by Gasteiger charge is 2.20. The molecule has 1 N–H and O–H groups in total. The van der Waals surface area contributed by atoms with Gasteiger partial charge in [-0.3, -0.25) is 9.59 Å². The second-order valence-electron chi connectivity index (χ2n) is 6.98. The van der Waals surface area contributed by atoms with Gasteiger partial charge >= 0.3 is 0 Å². The van der Waals surface area contributed by atoms with Crippen LogP contribution in [0.5, 0.6) is 0 Å². The average Bonchev–Trinajstić information content (AvgIpc) is 3.14. The Morgan fingerprint density at radius 1 is 0.929 bits per heavy atom. The van der Waals surface area contributed by atoms with Crippen LogP contribution in [-0.2, 0) is 11.3 Å². The molecule has 2 amide bonds. The van der Waals surface area contributed by atoms with Gasteiger partial charge in [-0.1, -0.05) is 60.7 Å². The summed E-state index contributed by atoms with van der Waals surface area (Å²) < 4.78 is 0. The molecule has 1 aliphatic heterocycles. The number of hydrogen-bond donors (Lipinski definition) is 1. The zero-order valence-corrected chi connectivity index (χ0v) is 15.6. The summed E-state index contributed by atoms with van der Waals surface area (Å²) in [4.78, 5) is 26.6. The van der Waals surface area contributed by atoms with E-state index in [1.165, 1.54) is 0 Å². The molecular formula is C24H22N2O2. The lowest BCUT2D eigenvalue weighted by atomic mass is 10.0. The fourth-order valence-corrected chi connectivity index (χ4v) is 3.56. The molecule has 1 saturated heterocycles. The molecule has 0 aromatic heterocycles. The zero-order chi connectivity index (χ0) is 19.3. The van der Waals surface area contributed by atoms with E-state index in [1.807, 2.05) is 77.7 Å². The summed E-state index contributed by atoms with van der Waals surface area (Å²) in [5.41, 5.74) is 4.38.